The molecule has 2 N–H and O–H groups in total. The molecular formula is C30H56O8Si. The molecule has 3 saturated carbocycles. The van der Waals surface area contributed by atoms with Crippen molar-refractivity contribution in [3.05, 3.63) is 0 Å². The molecule has 228 valence electrons. The highest BCUT2D eigenvalue weighted by atomic mass is 28.4. The van der Waals surface area contributed by atoms with E-state index >= 15 is 0 Å². The number of hydrogen-bond acceptors (Lipinski definition) is 8. The zero-order valence-corrected chi connectivity index (χ0v) is 27.2. The van der Waals surface area contributed by atoms with E-state index < -0.39 is 31.0 Å². The fourth-order valence-electron chi connectivity index (χ4n) is 8.47. The number of rotatable bonds is 12. The second-order valence-corrected chi connectivity index (χ2v) is 20.0. The highest BCUT2D eigenvalue weighted by Crippen LogP contribution is 2.69. The van der Waals surface area contributed by atoms with E-state index in [1.54, 1.807) is 14.2 Å². The molecule has 1 heterocycles. The Morgan fingerprint density at radius 2 is 1.64 bits per heavy atom. The van der Waals surface area contributed by atoms with Crippen LogP contribution in [0.1, 0.15) is 73.6 Å². The largest absolute Gasteiger partial charge is 0.413 e. The average Bonchev–Trinajstić information content (AvgIpc) is 3.57. The SMILES string of the molecule is COCO[C@@H]1[C@H]2CC[C@@H](C3([C@@H]4C[C@H](O[Si](C)(C)C(C)(C)C)C(C)(C)[C@@H]4O)CO3)[C@]1(CCO)C[C@@]2(C)OCOC. The van der Waals surface area contributed by atoms with E-state index in [4.69, 9.17) is 28.1 Å². The normalized spacial score (nSPS) is 43.7. The zero-order chi connectivity index (χ0) is 29.1. The van der Waals surface area contributed by atoms with Gasteiger partial charge in [0.1, 0.15) is 19.2 Å². The topological polar surface area (TPSA) is 99.1 Å². The molecule has 1 aliphatic heterocycles. The Bertz CT molecular complexity index is 854. The van der Waals surface area contributed by atoms with Crippen LogP contribution in [-0.4, -0.2) is 89.1 Å². The molecule has 39 heavy (non-hydrogen) atoms. The third-order valence-electron chi connectivity index (χ3n) is 11.7. The van der Waals surface area contributed by atoms with E-state index in [0.717, 1.165) is 25.7 Å². The van der Waals surface area contributed by atoms with Gasteiger partial charge in [-0.25, -0.2) is 0 Å². The molecule has 0 aromatic rings. The number of epoxide rings is 1. The predicted molar refractivity (Wildman–Crippen MR) is 152 cm³/mol. The molecule has 3 aliphatic carbocycles. The van der Waals surface area contributed by atoms with Gasteiger partial charge in [0.15, 0.2) is 8.32 Å². The number of hydrogen-bond donors (Lipinski definition) is 2. The van der Waals surface area contributed by atoms with Gasteiger partial charge in [-0.2, -0.15) is 0 Å². The summed E-state index contributed by atoms with van der Waals surface area (Å²) >= 11 is 0. The Morgan fingerprint density at radius 1 is 1.00 bits per heavy atom. The number of aliphatic hydroxyl groups excluding tert-OH is 2. The van der Waals surface area contributed by atoms with Crippen molar-refractivity contribution in [2.45, 2.75) is 121 Å². The van der Waals surface area contributed by atoms with E-state index in [9.17, 15) is 10.2 Å². The highest BCUT2D eigenvalue weighted by Gasteiger charge is 2.75. The molecule has 2 bridgehead atoms. The summed E-state index contributed by atoms with van der Waals surface area (Å²) in [4.78, 5) is 0. The van der Waals surface area contributed by atoms with E-state index in [1.165, 1.54) is 0 Å². The van der Waals surface area contributed by atoms with Crippen molar-refractivity contribution in [2.75, 3.05) is 41.0 Å². The van der Waals surface area contributed by atoms with Gasteiger partial charge in [-0.1, -0.05) is 34.6 Å². The summed E-state index contributed by atoms with van der Waals surface area (Å²) in [6, 6.07) is 0. The summed E-state index contributed by atoms with van der Waals surface area (Å²) in [5.41, 5.74) is -1.67. The van der Waals surface area contributed by atoms with Gasteiger partial charge in [0.05, 0.1) is 30.5 Å². The monoisotopic (exact) mass is 572 g/mol. The molecule has 1 saturated heterocycles. The lowest BCUT2D eigenvalue weighted by atomic mass is 9.57. The van der Waals surface area contributed by atoms with E-state index in [-0.39, 0.29) is 60.6 Å². The molecule has 0 radical (unpaired) electrons. The molecule has 4 aliphatic rings. The molecule has 9 atom stereocenters. The van der Waals surface area contributed by atoms with Crippen molar-refractivity contribution >= 4 is 8.32 Å². The summed E-state index contributed by atoms with van der Waals surface area (Å²) in [5, 5.41) is 22.4. The summed E-state index contributed by atoms with van der Waals surface area (Å²) in [5.74, 6) is 0.223. The summed E-state index contributed by atoms with van der Waals surface area (Å²) < 4.78 is 37.0. The van der Waals surface area contributed by atoms with Gasteiger partial charge in [0.2, 0.25) is 0 Å². The first-order chi connectivity index (χ1) is 18.1. The van der Waals surface area contributed by atoms with Gasteiger partial charge >= 0.3 is 0 Å². The molecular weight excluding hydrogens is 516 g/mol. The maximum absolute atomic E-state index is 11.9. The van der Waals surface area contributed by atoms with Gasteiger partial charge < -0.3 is 38.3 Å². The molecule has 8 nitrogen and oxygen atoms in total. The van der Waals surface area contributed by atoms with Crippen LogP contribution < -0.4 is 0 Å². The molecule has 0 aromatic heterocycles. The van der Waals surface area contributed by atoms with Gasteiger partial charge in [-0.15, -0.1) is 0 Å². The molecule has 4 rings (SSSR count). The molecule has 9 heteroatoms. The summed E-state index contributed by atoms with van der Waals surface area (Å²) in [6.45, 7) is 18.9. The van der Waals surface area contributed by atoms with Crippen molar-refractivity contribution in [1.82, 2.24) is 0 Å². The Kier molecular flexibility index (Phi) is 8.87. The Hall–Kier alpha value is -0.103. The maximum atomic E-state index is 11.9. The smallest absolute Gasteiger partial charge is 0.192 e. The van der Waals surface area contributed by atoms with E-state index in [0.29, 0.717) is 13.0 Å². The van der Waals surface area contributed by atoms with Crippen LogP contribution in [0.2, 0.25) is 18.1 Å². The second kappa shape index (κ2) is 10.9. The molecule has 1 unspecified atom stereocenters. The van der Waals surface area contributed by atoms with Crippen LogP contribution in [0.4, 0.5) is 0 Å². The lowest BCUT2D eigenvalue weighted by Gasteiger charge is -2.50. The number of methoxy groups -OCH3 is 2. The fourth-order valence-corrected chi connectivity index (χ4v) is 9.93. The van der Waals surface area contributed by atoms with Gasteiger partial charge in [-0.05, 0) is 63.1 Å². The van der Waals surface area contributed by atoms with Crippen LogP contribution >= 0.6 is 0 Å². The Balaban J connectivity index is 1.69. The first-order valence-electron chi connectivity index (χ1n) is 14.9. The summed E-state index contributed by atoms with van der Waals surface area (Å²) in [7, 11) is 1.25. The minimum Gasteiger partial charge on any atom is -0.413 e. The quantitative estimate of drug-likeness (QED) is 0.197. The molecule has 0 aromatic carbocycles. The van der Waals surface area contributed by atoms with Gasteiger partial charge in [0, 0.05) is 43.5 Å². The Morgan fingerprint density at radius 3 is 2.18 bits per heavy atom. The maximum Gasteiger partial charge on any atom is 0.192 e. The number of aliphatic hydroxyl groups is 2. The van der Waals surface area contributed by atoms with Gasteiger partial charge in [0.25, 0.3) is 0 Å². The molecule has 0 amide bonds. The van der Waals surface area contributed by atoms with Crippen LogP contribution in [0.3, 0.4) is 0 Å². The van der Waals surface area contributed by atoms with Crippen LogP contribution in [0.5, 0.6) is 0 Å². The average molecular weight is 573 g/mol. The predicted octanol–water partition coefficient (Wildman–Crippen LogP) is 4.72. The van der Waals surface area contributed by atoms with E-state index in [2.05, 4.69) is 54.6 Å². The van der Waals surface area contributed by atoms with E-state index in [1.807, 2.05) is 0 Å². The van der Waals surface area contributed by atoms with Crippen LogP contribution in [0.25, 0.3) is 0 Å². The minimum absolute atomic E-state index is 0.0379. The minimum atomic E-state index is -2.04. The van der Waals surface area contributed by atoms with Crippen molar-refractivity contribution in [1.29, 1.82) is 0 Å². The Labute approximate surface area is 237 Å². The fraction of sp³-hybridized carbons (Fsp3) is 1.00. The highest BCUT2D eigenvalue weighted by molar-refractivity contribution is 6.74. The van der Waals surface area contributed by atoms with Crippen molar-refractivity contribution in [3.63, 3.8) is 0 Å². The van der Waals surface area contributed by atoms with Crippen molar-refractivity contribution in [3.8, 4) is 0 Å². The molecule has 4 fully saturated rings. The third kappa shape index (κ3) is 5.20. The number of ether oxygens (including phenoxy) is 5. The zero-order valence-electron chi connectivity index (χ0n) is 26.2. The van der Waals surface area contributed by atoms with Crippen molar-refractivity contribution in [2.24, 2.45) is 28.6 Å². The number of fused-ring (bicyclic) bond motifs is 2. The van der Waals surface area contributed by atoms with Crippen LogP contribution in [0.15, 0.2) is 0 Å². The standard InChI is InChI=1S/C30H56O8Si/c1-26(2,3)39(9,10)38-23-15-21(24(32)27(23,4)5)30(17-36-30)22-12-11-20-25(35-18-33-7)29(22,13-14-31)16-28(20,6)37-19-34-8/h20-25,31-32H,11-19H2,1-10H3/t20-,21-,22-,23+,24-,25-,28-,29+,30?/m1/s1. The van der Waals surface area contributed by atoms with Crippen LogP contribution in [0, 0.1) is 28.6 Å². The van der Waals surface area contributed by atoms with Crippen molar-refractivity contribution < 1.29 is 38.3 Å². The first-order valence-corrected chi connectivity index (χ1v) is 17.8. The lowest BCUT2D eigenvalue weighted by Crippen LogP contribution is -2.55. The second-order valence-electron chi connectivity index (χ2n) is 15.2. The lowest BCUT2D eigenvalue weighted by molar-refractivity contribution is -0.183. The summed E-state index contributed by atoms with van der Waals surface area (Å²) in [6.07, 6.45) is 3.26. The van der Waals surface area contributed by atoms with Crippen LogP contribution in [-0.2, 0) is 28.1 Å². The van der Waals surface area contributed by atoms with Gasteiger partial charge in [-0.3, -0.25) is 0 Å². The third-order valence-corrected chi connectivity index (χ3v) is 16.2. The molecule has 0 spiro atoms. The first kappa shape index (κ1) is 31.8.